The molecule has 0 amide bonds. The van der Waals surface area contributed by atoms with Gasteiger partial charge in [-0.15, -0.1) is 10.2 Å². The molecule has 8 nitrogen and oxygen atoms in total. The Labute approximate surface area is 123 Å². The molecule has 0 unspecified atom stereocenters. The van der Waals surface area contributed by atoms with Gasteiger partial charge < -0.3 is 14.5 Å². The molecule has 0 atom stereocenters. The van der Waals surface area contributed by atoms with E-state index >= 15 is 0 Å². The highest BCUT2D eigenvalue weighted by Crippen LogP contribution is 2.20. The number of benzene rings is 1. The van der Waals surface area contributed by atoms with Crippen molar-refractivity contribution in [3.8, 4) is 11.5 Å². The van der Waals surface area contributed by atoms with Gasteiger partial charge in [-0.2, -0.15) is 0 Å². The number of hydrogen-bond acceptors (Lipinski definition) is 6. The number of halogens is 1. The molecule has 0 radical (unpaired) electrons. The van der Waals surface area contributed by atoms with Gasteiger partial charge in [-0.3, -0.25) is 0 Å². The van der Waals surface area contributed by atoms with Crippen molar-refractivity contribution in [2.24, 2.45) is 0 Å². The van der Waals surface area contributed by atoms with Gasteiger partial charge in [-0.25, -0.2) is 13.9 Å². The molecule has 2 heterocycles. The second-order valence-electron chi connectivity index (χ2n) is 4.52. The standard InChI is InChI=1S/C13H10FN5O3/c1-8-15-6-12(19(20)21)18(8)7-11-16-17-13(22-11)9-3-2-4-10(14)5-9/h2-6H,7H2,1H3. The fourth-order valence-electron chi connectivity index (χ4n) is 1.99. The normalized spacial score (nSPS) is 10.8. The van der Waals surface area contributed by atoms with E-state index in [0.29, 0.717) is 11.4 Å². The highest BCUT2D eigenvalue weighted by Gasteiger charge is 2.20. The monoisotopic (exact) mass is 303 g/mol. The third kappa shape index (κ3) is 2.55. The Morgan fingerprint density at radius 3 is 2.95 bits per heavy atom. The van der Waals surface area contributed by atoms with Gasteiger partial charge >= 0.3 is 5.82 Å². The van der Waals surface area contributed by atoms with Crippen LogP contribution in [0, 0.1) is 22.9 Å². The third-order valence-electron chi connectivity index (χ3n) is 3.05. The van der Waals surface area contributed by atoms with Gasteiger partial charge in [0.2, 0.25) is 5.89 Å². The summed E-state index contributed by atoms with van der Waals surface area (Å²) in [6.07, 6.45) is 1.17. The Kier molecular flexibility index (Phi) is 3.37. The molecule has 22 heavy (non-hydrogen) atoms. The smallest absolute Gasteiger partial charge is 0.343 e. The fourth-order valence-corrected chi connectivity index (χ4v) is 1.99. The minimum absolute atomic E-state index is 0.0183. The zero-order valence-electron chi connectivity index (χ0n) is 11.4. The second-order valence-corrected chi connectivity index (χ2v) is 4.52. The molecule has 0 saturated carbocycles. The summed E-state index contributed by atoms with van der Waals surface area (Å²) in [5.41, 5.74) is 0.440. The summed E-state index contributed by atoms with van der Waals surface area (Å²) in [5.74, 6) is 0.192. The van der Waals surface area contributed by atoms with Gasteiger partial charge in [-0.1, -0.05) is 6.07 Å². The van der Waals surface area contributed by atoms with Crippen molar-refractivity contribution in [3.05, 3.63) is 58.1 Å². The first-order valence-corrected chi connectivity index (χ1v) is 6.29. The van der Waals surface area contributed by atoms with E-state index < -0.39 is 10.7 Å². The first kappa shape index (κ1) is 13.9. The number of rotatable bonds is 4. The minimum Gasteiger partial charge on any atom is -0.416 e. The van der Waals surface area contributed by atoms with Gasteiger partial charge in [0.25, 0.3) is 5.89 Å². The van der Waals surface area contributed by atoms with Crippen LogP contribution < -0.4 is 0 Å². The molecule has 3 rings (SSSR count). The van der Waals surface area contributed by atoms with Crippen LogP contribution in [0.15, 0.2) is 34.9 Å². The molecule has 2 aromatic heterocycles. The Balaban J connectivity index is 1.89. The molecule has 0 aliphatic heterocycles. The second kappa shape index (κ2) is 5.35. The predicted octanol–water partition coefficient (Wildman–Crippen LogP) is 2.34. The zero-order chi connectivity index (χ0) is 15.7. The SMILES string of the molecule is Cc1ncc([N+](=O)[O-])n1Cc1nnc(-c2cccc(F)c2)o1. The van der Waals surface area contributed by atoms with Gasteiger partial charge in [0.15, 0.2) is 12.4 Å². The molecule has 0 saturated heterocycles. The van der Waals surface area contributed by atoms with Crippen LogP contribution in [0.1, 0.15) is 11.7 Å². The lowest BCUT2D eigenvalue weighted by Gasteiger charge is -1.99. The summed E-state index contributed by atoms with van der Waals surface area (Å²) in [6.45, 7) is 1.65. The van der Waals surface area contributed by atoms with Gasteiger partial charge in [-0.05, 0) is 23.1 Å². The quantitative estimate of drug-likeness (QED) is 0.541. The Morgan fingerprint density at radius 2 is 2.23 bits per heavy atom. The molecule has 0 aliphatic rings. The topological polar surface area (TPSA) is 99.9 Å². The van der Waals surface area contributed by atoms with Crippen LogP contribution in [0.25, 0.3) is 11.5 Å². The molecule has 0 N–H and O–H groups in total. The van der Waals surface area contributed by atoms with Crippen molar-refractivity contribution in [2.45, 2.75) is 13.5 Å². The number of nitro groups is 1. The number of imidazole rings is 1. The van der Waals surface area contributed by atoms with Gasteiger partial charge in [0.05, 0.1) is 0 Å². The molecule has 9 heteroatoms. The van der Waals surface area contributed by atoms with Crippen LogP contribution in [-0.2, 0) is 6.54 Å². The van der Waals surface area contributed by atoms with Crippen LogP contribution >= 0.6 is 0 Å². The lowest BCUT2D eigenvalue weighted by Crippen LogP contribution is -2.06. The van der Waals surface area contributed by atoms with Crippen LogP contribution in [-0.4, -0.2) is 24.7 Å². The van der Waals surface area contributed by atoms with Crippen molar-refractivity contribution < 1.29 is 13.7 Å². The van der Waals surface area contributed by atoms with E-state index in [4.69, 9.17) is 4.42 Å². The Bertz CT molecular complexity index is 842. The summed E-state index contributed by atoms with van der Waals surface area (Å²) >= 11 is 0. The third-order valence-corrected chi connectivity index (χ3v) is 3.05. The molecule has 0 fully saturated rings. The summed E-state index contributed by atoms with van der Waals surface area (Å²) < 4.78 is 20.0. The van der Waals surface area contributed by atoms with E-state index in [1.54, 1.807) is 13.0 Å². The minimum atomic E-state index is -0.538. The molecule has 112 valence electrons. The molecule has 0 bridgehead atoms. The molecule has 3 aromatic rings. The number of nitrogens with zero attached hydrogens (tertiary/aromatic N) is 5. The number of hydrogen-bond donors (Lipinski definition) is 0. The van der Waals surface area contributed by atoms with E-state index in [9.17, 15) is 14.5 Å². The lowest BCUT2D eigenvalue weighted by molar-refractivity contribution is -0.392. The van der Waals surface area contributed by atoms with E-state index in [-0.39, 0.29) is 24.1 Å². The van der Waals surface area contributed by atoms with E-state index in [1.807, 2.05) is 0 Å². The van der Waals surface area contributed by atoms with Gasteiger partial charge in [0.1, 0.15) is 12.0 Å². The Hall–Kier alpha value is -3.10. The molecular weight excluding hydrogens is 293 g/mol. The molecule has 0 aliphatic carbocycles. The van der Waals surface area contributed by atoms with Crippen LogP contribution in [0.3, 0.4) is 0 Å². The first-order chi connectivity index (χ1) is 10.5. The van der Waals surface area contributed by atoms with Crippen LogP contribution in [0.5, 0.6) is 0 Å². The van der Waals surface area contributed by atoms with Crippen molar-refractivity contribution in [2.75, 3.05) is 0 Å². The van der Waals surface area contributed by atoms with E-state index in [2.05, 4.69) is 15.2 Å². The van der Waals surface area contributed by atoms with Crippen molar-refractivity contribution in [1.29, 1.82) is 0 Å². The summed E-state index contributed by atoms with van der Waals surface area (Å²) in [7, 11) is 0. The molecule has 1 aromatic carbocycles. The molecule has 0 spiro atoms. The van der Waals surface area contributed by atoms with Crippen molar-refractivity contribution in [3.63, 3.8) is 0 Å². The average Bonchev–Trinajstić information content (AvgIpc) is 3.07. The summed E-state index contributed by atoms with van der Waals surface area (Å²) in [5, 5.41) is 18.6. The average molecular weight is 303 g/mol. The van der Waals surface area contributed by atoms with Crippen LogP contribution in [0.2, 0.25) is 0 Å². The van der Waals surface area contributed by atoms with E-state index in [0.717, 1.165) is 0 Å². The maximum Gasteiger partial charge on any atom is 0.343 e. The number of aromatic nitrogens is 4. The van der Waals surface area contributed by atoms with Gasteiger partial charge in [0, 0.05) is 12.5 Å². The zero-order valence-corrected chi connectivity index (χ0v) is 11.4. The highest BCUT2D eigenvalue weighted by molar-refractivity contribution is 5.52. The van der Waals surface area contributed by atoms with Crippen LogP contribution in [0.4, 0.5) is 10.2 Å². The lowest BCUT2D eigenvalue weighted by atomic mass is 10.2. The van der Waals surface area contributed by atoms with Crippen molar-refractivity contribution in [1.82, 2.24) is 19.7 Å². The maximum atomic E-state index is 13.2. The maximum absolute atomic E-state index is 13.2. The first-order valence-electron chi connectivity index (χ1n) is 6.29. The summed E-state index contributed by atoms with van der Waals surface area (Å²) in [4.78, 5) is 14.3. The fraction of sp³-hybridized carbons (Fsp3) is 0.154. The molecular formula is C13H10FN5O3. The highest BCUT2D eigenvalue weighted by atomic mass is 19.1. The summed E-state index contributed by atoms with van der Waals surface area (Å²) in [6, 6.07) is 5.73. The largest absolute Gasteiger partial charge is 0.416 e. The number of aryl methyl sites for hydroxylation is 1. The predicted molar refractivity (Wildman–Crippen MR) is 72.4 cm³/mol. The van der Waals surface area contributed by atoms with Crippen molar-refractivity contribution >= 4 is 5.82 Å². The van der Waals surface area contributed by atoms with E-state index in [1.165, 1.54) is 29.0 Å². The Morgan fingerprint density at radius 1 is 1.41 bits per heavy atom.